The zero-order valence-electron chi connectivity index (χ0n) is 13.3. The minimum atomic E-state index is -1.04. The Bertz CT molecular complexity index is 816. The van der Waals surface area contributed by atoms with Crippen LogP contribution < -0.4 is 0 Å². The van der Waals surface area contributed by atoms with Crippen molar-refractivity contribution in [3.8, 4) is 5.75 Å². The van der Waals surface area contributed by atoms with E-state index in [-0.39, 0.29) is 11.3 Å². The molecule has 2 aromatic carbocycles. The second-order valence-electron chi connectivity index (χ2n) is 5.61. The molecule has 2 aromatic rings. The van der Waals surface area contributed by atoms with Crippen LogP contribution in [0.15, 0.2) is 48.0 Å². The van der Waals surface area contributed by atoms with Crippen LogP contribution >= 0.6 is 0 Å². The summed E-state index contributed by atoms with van der Waals surface area (Å²) in [6.45, 7) is 3.51. The Balaban J connectivity index is 1.90. The lowest BCUT2D eigenvalue weighted by atomic mass is 10.0. The molecule has 0 spiro atoms. The number of aryl methyl sites for hydroxylation is 2. The summed E-state index contributed by atoms with van der Waals surface area (Å²) in [6, 6.07) is 12.1. The van der Waals surface area contributed by atoms with Crippen LogP contribution in [-0.2, 0) is 19.1 Å². The maximum absolute atomic E-state index is 12.2. The smallest absolute Gasteiger partial charge is 0.348 e. The Morgan fingerprint density at radius 1 is 0.958 bits per heavy atom. The van der Waals surface area contributed by atoms with Crippen LogP contribution in [0.1, 0.15) is 28.5 Å². The molecule has 1 aliphatic heterocycles. The summed E-state index contributed by atoms with van der Waals surface area (Å²) in [7, 11) is 0. The van der Waals surface area contributed by atoms with Gasteiger partial charge in [0.25, 0.3) is 6.29 Å². The van der Waals surface area contributed by atoms with E-state index in [9.17, 15) is 14.7 Å². The van der Waals surface area contributed by atoms with Gasteiger partial charge < -0.3 is 14.6 Å². The van der Waals surface area contributed by atoms with E-state index in [0.29, 0.717) is 16.7 Å². The third kappa shape index (κ3) is 3.01. The van der Waals surface area contributed by atoms with Gasteiger partial charge in [-0.3, -0.25) is 0 Å². The molecule has 0 unspecified atom stereocenters. The van der Waals surface area contributed by atoms with Gasteiger partial charge >= 0.3 is 11.9 Å². The summed E-state index contributed by atoms with van der Waals surface area (Å²) in [4.78, 5) is 24.4. The summed E-state index contributed by atoms with van der Waals surface area (Å²) < 4.78 is 10.4. The van der Waals surface area contributed by atoms with E-state index >= 15 is 0 Å². The summed E-state index contributed by atoms with van der Waals surface area (Å²) in [5, 5.41) is 9.69. The lowest BCUT2D eigenvalue weighted by Crippen LogP contribution is -2.29. The number of hydrogen-bond donors (Lipinski definition) is 1. The van der Waals surface area contributed by atoms with E-state index in [1.54, 1.807) is 50.2 Å². The standard InChI is InChI=1S/C19H16O5/c1-11-9-16(20)12(2)8-14(11)10-15-17(21)23-19(24-18(15)22)13-6-4-3-5-7-13/h3-10,19-20H,1-2H3. The van der Waals surface area contributed by atoms with E-state index in [4.69, 9.17) is 9.47 Å². The molecule has 5 heteroatoms. The maximum Gasteiger partial charge on any atom is 0.348 e. The molecule has 122 valence electrons. The quantitative estimate of drug-likeness (QED) is 0.522. The summed E-state index contributed by atoms with van der Waals surface area (Å²) in [6.07, 6.45) is 0.388. The van der Waals surface area contributed by atoms with Gasteiger partial charge in [-0.15, -0.1) is 0 Å². The van der Waals surface area contributed by atoms with Crippen molar-refractivity contribution in [1.29, 1.82) is 0 Å². The Labute approximate surface area is 139 Å². The van der Waals surface area contributed by atoms with Gasteiger partial charge in [0.15, 0.2) is 0 Å². The van der Waals surface area contributed by atoms with Gasteiger partial charge in [0.2, 0.25) is 0 Å². The number of carbonyl (C=O) groups is 2. The van der Waals surface area contributed by atoms with Gasteiger partial charge in [-0.1, -0.05) is 30.3 Å². The molecule has 3 rings (SSSR count). The first-order chi connectivity index (χ1) is 11.5. The zero-order chi connectivity index (χ0) is 17.3. The average molecular weight is 324 g/mol. The fourth-order valence-electron chi connectivity index (χ4n) is 2.43. The van der Waals surface area contributed by atoms with Crippen LogP contribution in [0.25, 0.3) is 6.08 Å². The Hall–Kier alpha value is -3.08. The summed E-state index contributed by atoms with van der Waals surface area (Å²) >= 11 is 0. The third-order valence-corrected chi connectivity index (χ3v) is 3.82. The van der Waals surface area contributed by atoms with Crippen molar-refractivity contribution < 1.29 is 24.2 Å². The van der Waals surface area contributed by atoms with E-state index < -0.39 is 18.2 Å². The van der Waals surface area contributed by atoms with Crippen LogP contribution in [0.2, 0.25) is 0 Å². The zero-order valence-corrected chi connectivity index (χ0v) is 13.3. The second-order valence-corrected chi connectivity index (χ2v) is 5.61. The van der Waals surface area contributed by atoms with Crippen molar-refractivity contribution in [3.63, 3.8) is 0 Å². The first kappa shape index (κ1) is 15.8. The molecule has 1 saturated heterocycles. The molecule has 0 amide bonds. The molecule has 0 atom stereocenters. The lowest BCUT2D eigenvalue weighted by molar-refractivity contribution is -0.195. The van der Waals surface area contributed by atoms with Gasteiger partial charge in [0.05, 0.1) is 0 Å². The first-order valence-corrected chi connectivity index (χ1v) is 7.44. The largest absolute Gasteiger partial charge is 0.508 e. The van der Waals surface area contributed by atoms with Crippen molar-refractivity contribution in [2.75, 3.05) is 0 Å². The lowest BCUT2D eigenvalue weighted by Gasteiger charge is -2.24. The number of phenols is 1. The van der Waals surface area contributed by atoms with Gasteiger partial charge in [0, 0.05) is 5.56 Å². The molecular weight excluding hydrogens is 308 g/mol. The van der Waals surface area contributed by atoms with Crippen LogP contribution in [0.5, 0.6) is 5.75 Å². The monoisotopic (exact) mass is 324 g/mol. The molecular formula is C19H16O5. The van der Waals surface area contributed by atoms with Gasteiger partial charge in [-0.05, 0) is 48.7 Å². The molecule has 0 saturated carbocycles. The van der Waals surface area contributed by atoms with Gasteiger partial charge in [-0.2, -0.15) is 0 Å². The minimum absolute atomic E-state index is 0.160. The maximum atomic E-state index is 12.2. The molecule has 1 heterocycles. The third-order valence-electron chi connectivity index (χ3n) is 3.82. The van der Waals surface area contributed by atoms with Gasteiger partial charge in [0.1, 0.15) is 11.3 Å². The number of carbonyl (C=O) groups excluding carboxylic acids is 2. The highest BCUT2D eigenvalue weighted by atomic mass is 16.7. The van der Waals surface area contributed by atoms with Crippen molar-refractivity contribution in [3.05, 3.63) is 70.3 Å². The average Bonchev–Trinajstić information content (AvgIpc) is 2.56. The van der Waals surface area contributed by atoms with Crippen molar-refractivity contribution in [2.24, 2.45) is 0 Å². The number of rotatable bonds is 2. The minimum Gasteiger partial charge on any atom is -0.508 e. The van der Waals surface area contributed by atoms with Crippen LogP contribution in [0, 0.1) is 13.8 Å². The van der Waals surface area contributed by atoms with E-state index in [1.165, 1.54) is 6.08 Å². The molecule has 0 bridgehead atoms. The molecule has 0 aliphatic carbocycles. The van der Waals surface area contributed by atoms with E-state index in [1.807, 2.05) is 6.07 Å². The van der Waals surface area contributed by atoms with Crippen LogP contribution in [0.3, 0.4) is 0 Å². The van der Waals surface area contributed by atoms with Crippen molar-refractivity contribution in [1.82, 2.24) is 0 Å². The highest BCUT2D eigenvalue weighted by molar-refractivity contribution is 6.18. The predicted molar refractivity (Wildman–Crippen MR) is 86.9 cm³/mol. The van der Waals surface area contributed by atoms with E-state index in [2.05, 4.69) is 0 Å². The molecule has 24 heavy (non-hydrogen) atoms. The van der Waals surface area contributed by atoms with E-state index in [0.717, 1.165) is 5.56 Å². The van der Waals surface area contributed by atoms with Crippen molar-refractivity contribution in [2.45, 2.75) is 20.1 Å². The fourth-order valence-corrected chi connectivity index (χ4v) is 2.43. The normalized spacial score (nSPS) is 17.2. The molecule has 5 nitrogen and oxygen atoms in total. The van der Waals surface area contributed by atoms with Crippen LogP contribution in [0.4, 0.5) is 0 Å². The number of ether oxygens (including phenoxy) is 2. The number of cyclic esters (lactones) is 2. The topological polar surface area (TPSA) is 72.8 Å². The fraction of sp³-hybridized carbons (Fsp3) is 0.158. The van der Waals surface area contributed by atoms with Crippen molar-refractivity contribution >= 4 is 18.0 Å². The highest BCUT2D eigenvalue weighted by Crippen LogP contribution is 2.29. The molecule has 1 fully saturated rings. The first-order valence-electron chi connectivity index (χ1n) is 7.44. The summed E-state index contributed by atoms with van der Waals surface area (Å²) in [5.74, 6) is -1.30. The Morgan fingerprint density at radius 2 is 1.58 bits per heavy atom. The Morgan fingerprint density at radius 3 is 2.21 bits per heavy atom. The molecule has 1 aliphatic rings. The molecule has 1 N–H and O–H groups in total. The highest BCUT2D eigenvalue weighted by Gasteiger charge is 2.34. The predicted octanol–water partition coefficient (Wildman–Crippen LogP) is 3.19. The van der Waals surface area contributed by atoms with Gasteiger partial charge in [-0.25, -0.2) is 9.59 Å². The summed E-state index contributed by atoms with van der Waals surface area (Å²) in [5.41, 5.74) is 2.45. The second kappa shape index (κ2) is 6.20. The number of aromatic hydroxyl groups is 1. The molecule has 0 aromatic heterocycles. The SMILES string of the molecule is Cc1cc(C=C2C(=O)OC(c3ccccc3)OC2=O)c(C)cc1O. The Kier molecular flexibility index (Phi) is 4.08. The number of esters is 2. The number of benzene rings is 2. The number of phenolic OH excluding ortho intramolecular Hbond substituents is 1. The molecule has 0 radical (unpaired) electrons. The number of hydrogen-bond acceptors (Lipinski definition) is 5. The van der Waals surface area contributed by atoms with Crippen LogP contribution in [-0.4, -0.2) is 17.0 Å².